The number of rotatable bonds is 2. The maximum atomic E-state index is 13.5. The summed E-state index contributed by atoms with van der Waals surface area (Å²) in [6, 6.07) is 8.76. The van der Waals surface area contributed by atoms with Crippen molar-refractivity contribution in [1.82, 2.24) is 4.98 Å². The van der Waals surface area contributed by atoms with Gasteiger partial charge >= 0.3 is 0 Å². The lowest BCUT2D eigenvalue weighted by molar-refractivity contribution is 0.194. The number of hydrogen-bond acceptors (Lipinski definition) is 4. The SMILES string of the molecule is N#Cc1ccc(N2C[C@@H](O)C[C@@H]2c2ccc(F)c(F)c2)nc1. The van der Waals surface area contributed by atoms with Crippen LogP contribution in [0.4, 0.5) is 14.6 Å². The number of halogens is 2. The maximum Gasteiger partial charge on any atom is 0.159 e. The highest BCUT2D eigenvalue weighted by Gasteiger charge is 2.33. The first kappa shape index (κ1) is 14.4. The fourth-order valence-corrected chi connectivity index (χ4v) is 2.72. The van der Waals surface area contributed by atoms with Gasteiger partial charge in [0.1, 0.15) is 11.9 Å². The molecule has 6 heteroatoms. The second-order valence-corrected chi connectivity index (χ2v) is 5.25. The van der Waals surface area contributed by atoms with Gasteiger partial charge in [-0.2, -0.15) is 5.26 Å². The average Bonchev–Trinajstić information content (AvgIpc) is 2.92. The van der Waals surface area contributed by atoms with E-state index in [0.29, 0.717) is 29.9 Å². The zero-order chi connectivity index (χ0) is 15.7. The molecule has 0 aliphatic carbocycles. The lowest BCUT2D eigenvalue weighted by Gasteiger charge is -2.25. The van der Waals surface area contributed by atoms with Crippen molar-refractivity contribution < 1.29 is 13.9 Å². The minimum atomic E-state index is -0.911. The van der Waals surface area contributed by atoms with Gasteiger partial charge in [-0.3, -0.25) is 0 Å². The topological polar surface area (TPSA) is 60.2 Å². The van der Waals surface area contributed by atoms with Crippen molar-refractivity contribution in [2.45, 2.75) is 18.6 Å². The molecule has 3 rings (SSSR count). The van der Waals surface area contributed by atoms with Crippen LogP contribution in [0.15, 0.2) is 36.5 Å². The highest BCUT2D eigenvalue weighted by atomic mass is 19.2. The smallest absolute Gasteiger partial charge is 0.159 e. The number of aliphatic hydroxyl groups excluding tert-OH is 1. The van der Waals surface area contributed by atoms with Crippen LogP contribution in [0.5, 0.6) is 0 Å². The summed E-state index contributed by atoms with van der Waals surface area (Å²) in [5.41, 5.74) is 1.02. The first-order chi connectivity index (χ1) is 10.6. The monoisotopic (exact) mass is 301 g/mol. The average molecular weight is 301 g/mol. The summed E-state index contributed by atoms with van der Waals surface area (Å²) in [7, 11) is 0. The molecule has 112 valence electrons. The van der Waals surface area contributed by atoms with Crippen LogP contribution in [0.25, 0.3) is 0 Å². The summed E-state index contributed by atoms with van der Waals surface area (Å²) in [6.45, 7) is 0.350. The molecular formula is C16H13F2N3O. The first-order valence-electron chi connectivity index (χ1n) is 6.84. The number of nitrogens with zero attached hydrogens (tertiary/aromatic N) is 3. The van der Waals surface area contributed by atoms with E-state index >= 15 is 0 Å². The van der Waals surface area contributed by atoms with Gasteiger partial charge in [0, 0.05) is 12.7 Å². The number of aromatic nitrogens is 1. The van der Waals surface area contributed by atoms with E-state index in [4.69, 9.17) is 5.26 Å². The number of nitriles is 1. The summed E-state index contributed by atoms with van der Waals surface area (Å²) in [5.74, 6) is -1.22. The Hall–Kier alpha value is -2.52. The second kappa shape index (κ2) is 5.70. The fourth-order valence-electron chi connectivity index (χ4n) is 2.72. The molecule has 1 aliphatic rings. The molecule has 0 unspecified atom stereocenters. The molecule has 0 bridgehead atoms. The normalized spacial score (nSPS) is 20.9. The molecule has 1 fully saturated rings. The van der Waals surface area contributed by atoms with Gasteiger partial charge in [-0.15, -0.1) is 0 Å². The molecule has 1 saturated heterocycles. The predicted octanol–water partition coefficient (Wildman–Crippen LogP) is 2.54. The van der Waals surface area contributed by atoms with E-state index in [1.54, 1.807) is 12.1 Å². The Bertz CT molecular complexity index is 727. The number of aliphatic hydroxyl groups is 1. The molecule has 1 aromatic heterocycles. The van der Waals surface area contributed by atoms with Gasteiger partial charge in [0.05, 0.1) is 17.7 Å². The number of β-amino-alcohol motifs (C(OH)–C–C–N with tert-alkyl or cyclic N) is 1. The van der Waals surface area contributed by atoms with E-state index in [2.05, 4.69) is 4.98 Å². The number of benzene rings is 1. The summed E-state index contributed by atoms with van der Waals surface area (Å²) in [6.07, 6.45) is 1.28. The fraction of sp³-hybridized carbons (Fsp3) is 0.250. The van der Waals surface area contributed by atoms with Crippen molar-refractivity contribution >= 4 is 5.82 Å². The third-order valence-corrected chi connectivity index (χ3v) is 3.78. The Morgan fingerprint density at radius 2 is 2.05 bits per heavy atom. The highest BCUT2D eigenvalue weighted by Crippen LogP contribution is 2.35. The van der Waals surface area contributed by atoms with Gasteiger partial charge in [-0.1, -0.05) is 6.07 Å². The van der Waals surface area contributed by atoms with E-state index in [-0.39, 0.29) is 6.04 Å². The van der Waals surface area contributed by atoms with Gasteiger partial charge in [0.25, 0.3) is 0 Å². The molecule has 1 aromatic carbocycles. The van der Waals surface area contributed by atoms with Crippen molar-refractivity contribution in [3.05, 3.63) is 59.3 Å². The lowest BCUT2D eigenvalue weighted by atomic mass is 10.0. The zero-order valence-electron chi connectivity index (χ0n) is 11.6. The van der Waals surface area contributed by atoms with Gasteiger partial charge in [-0.05, 0) is 36.2 Å². The van der Waals surface area contributed by atoms with E-state index in [1.165, 1.54) is 12.3 Å². The largest absolute Gasteiger partial charge is 0.391 e. The molecule has 2 atom stereocenters. The van der Waals surface area contributed by atoms with Crippen LogP contribution in [0.3, 0.4) is 0 Å². The molecule has 22 heavy (non-hydrogen) atoms. The maximum absolute atomic E-state index is 13.5. The molecule has 1 aliphatic heterocycles. The van der Waals surface area contributed by atoms with Gasteiger partial charge in [0.15, 0.2) is 11.6 Å². The van der Waals surface area contributed by atoms with E-state index in [1.807, 2.05) is 11.0 Å². The number of hydrogen-bond donors (Lipinski definition) is 1. The molecule has 0 saturated carbocycles. The third-order valence-electron chi connectivity index (χ3n) is 3.78. The van der Waals surface area contributed by atoms with Crippen LogP contribution in [0.1, 0.15) is 23.6 Å². The van der Waals surface area contributed by atoms with Crippen LogP contribution in [-0.2, 0) is 0 Å². The first-order valence-corrected chi connectivity index (χ1v) is 6.84. The quantitative estimate of drug-likeness (QED) is 0.926. The number of anilines is 1. The Labute approximate surface area is 126 Å². The molecule has 0 amide bonds. The molecule has 0 radical (unpaired) electrons. The molecule has 2 heterocycles. The summed E-state index contributed by atoms with van der Waals surface area (Å²) in [4.78, 5) is 6.04. The number of pyridine rings is 1. The van der Waals surface area contributed by atoms with Crippen molar-refractivity contribution in [2.24, 2.45) is 0 Å². The molecular weight excluding hydrogens is 288 g/mol. The van der Waals surface area contributed by atoms with Crippen molar-refractivity contribution in [1.29, 1.82) is 5.26 Å². The van der Waals surface area contributed by atoms with E-state index in [0.717, 1.165) is 12.1 Å². The molecule has 4 nitrogen and oxygen atoms in total. The van der Waals surface area contributed by atoms with Crippen LogP contribution >= 0.6 is 0 Å². The van der Waals surface area contributed by atoms with Crippen molar-refractivity contribution in [2.75, 3.05) is 11.4 Å². The van der Waals surface area contributed by atoms with Gasteiger partial charge in [0.2, 0.25) is 0 Å². The lowest BCUT2D eigenvalue weighted by Crippen LogP contribution is -2.25. The second-order valence-electron chi connectivity index (χ2n) is 5.25. The Morgan fingerprint density at radius 3 is 2.68 bits per heavy atom. The zero-order valence-corrected chi connectivity index (χ0v) is 11.6. The standard InChI is InChI=1S/C16H13F2N3O/c17-13-3-2-11(5-14(13)18)15-6-12(22)9-21(15)16-4-1-10(7-19)8-20-16/h1-5,8,12,15,22H,6,9H2/t12-,15+/m0/s1. The molecule has 1 N–H and O–H groups in total. The van der Waals surface area contributed by atoms with E-state index < -0.39 is 17.7 Å². The molecule has 2 aromatic rings. The summed E-state index contributed by atoms with van der Waals surface area (Å²) in [5, 5.41) is 18.7. The van der Waals surface area contributed by atoms with Crippen LogP contribution in [0.2, 0.25) is 0 Å². The van der Waals surface area contributed by atoms with Crippen LogP contribution < -0.4 is 4.90 Å². The van der Waals surface area contributed by atoms with Crippen LogP contribution in [-0.4, -0.2) is 22.7 Å². The Morgan fingerprint density at radius 1 is 1.23 bits per heavy atom. The van der Waals surface area contributed by atoms with Crippen molar-refractivity contribution in [3.63, 3.8) is 0 Å². The molecule has 0 spiro atoms. The highest BCUT2D eigenvalue weighted by molar-refractivity contribution is 5.46. The minimum absolute atomic E-state index is 0.287. The summed E-state index contributed by atoms with van der Waals surface area (Å²) >= 11 is 0. The summed E-state index contributed by atoms with van der Waals surface area (Å²) < 4.78 is 26.5. The predicted molar refractivity (Wildman–Crippen MR) is 76.0 cm³/mol. The Balaban J connectivity index is 1.94. The third kappa shape index (κ3) is 2.63. The van der Waals surface area contributed by atoms with Crippen LogP contribution in [0, 0.1) is 23.0 Å². The minimum Gasteiger partial charge on any atom is -0.391 e. The van der Waals surface area contributed by atoms with Gasteiger partial charge in [-0.25, -0.2) is 13.8 Å². The van der Waals surface area contributed by atoms with E-state index in [9.17, 15) is 13.9 Å². The van der Waals surface area contributed by atoms with Crippen molar-refractivity contribution in [3.8, 4) is 6.07 Å². The Kier molecular flexibility index (Phi) is 3.73. The van der Waals surface area contributed by atoms with Gasteiger partial charge < -0.3 is 10.0 Å².